The first kappa shape index (κ1) is 25.1. The number of fused-ring (bicyclic) bond motifs is 2. The van der Waals surface area contributed by atoms with Gasteiger partial charge in [0.25, 0.3) is 11.5 Å². The second-order valence-electron chi connectivity index (χ2n) is 9.43. The molecule has 4 aromatic heterocycles. The number of likely N-dealkylation sites (tertiary alicyclic amines) is 1. The van der Waals surface area contributed by atoms with Crippen LogP contribution in [0.5, 0.6) is 0 Å². The van der Waals surface area contributed by atoms with Crippen molar-refractivity contribution in [2.24, 2.45) is 5.73 Å². The Bertz CT molecular complexity index is 1800. The Morgan fingerprint density at radius 1 is 1.23 bits per heavy atom. The van der Waals surface area contributed by atoms with Crippen LogP contribution >= 0.6 is 0 Å². The van der Waals surface area contributed by atoms with E-state index in [1.807, 2.05) is 0 Å². The van der Waals surface area contributed by atoms with Crippen molar-refractivity contribution >= 4 is 39.4 Å². The number of rotatable bonds is 7. The Kier molecular flexibility index (Phi) is 6.18. The molecule has 0 saturated carbocycles. The molecule has 1 aromatic carbocycles. The number of aliphatic hydroxyl groups excluding tert-OH is 1. The summed E-state index contributed by atoms with van der Waals surface area (Å²) in [5, 5.41) is 26.1. The van der Waals surface area contributed by atoms with Crippen molar-refractivity contribution in [3.8, 4) is 11.1 Å². The largest absolute Gasteiger partial charge is 0.372 e. The fourth-order valence-electron chi connectivity index (χ4n) is 5.06. The third-order valence-corrected chi connectivity index (χ3v) is 6.94. The number of aliphatic hydroxyl groups is 1. The van der Waals surface area contributed by atoms with Gasteiger partial charge in [-0.1, -0.05) is 6.07 Å². The molecule has 15 heteroatoms. The van der Waals surface area contributed by atoms with Crippen LogP contribution in [0.15, 0.2) is 54.0 Å². The fourth-order valence-corrected chi connectivity index (χ4v) is 5.06. The molecule has 6 rings (SSSR count). The number of carbonyl (C=O) groups is 2. The van der Waals surface area contributed by atoms with E-state index >= 15 is 0 Å². The molecule has 40 heavy (non-hydrogen) atoms. The second-order valence-corrected chi connectivity index (χ2v) is 9.43. The van der Waals surface area contributed by atoms with Gasteiger partial charge >= 0.3 is 0 Å². The summed E-state index contributed by atoms with van der Waals surface area (Å²) >= 11 is 0. The number of benzene rings is 1. The molecule has 6 N–H and O–H groups in total. The van der Waals surface area contributed by atoms with Gasteiger partial charge in [0.05, 0.1) is 42.5 Å². The molecule has 1 fully saturated rings. The molecule has 0 bridgehead atoms. The van der Waals surface area contributed by atoms with Crippen molar-refractivity contribution in [2.45, 2.75) is 31.4 Å². The minimum Gasteiger partial charge on any atom is -0.372 e. The topological polar surface area (TPSA) is 201 Å². The zero-order valence-corrected chi connectivity index (χ0v) is 20.8. The van der Waals surface area contributed by atoms with Gasteiger partial charge in [0, 0.05) is 23.6 Å². The summed E-state index contributed by atoms with van der Waals surface area (Å²) in [4.78, 5) is 48.1. The molecule has 3 atom stereocenters. The van der Waals surface area contributed by atoms with Crippen molar-refractivity contribution in [3.05, 3.63) is 65.2 Å². The van der Waals surface area contributed by atoms with E-state index in [1.165, 1.54) is 22.1 Å². The van der Waals surface area contributed by atoms with Gasteiger partial charge in [-0.15, -0.1) is 0 Å². The molecule has 1 aliphatic heterocycles. The summed E-state index contributed by atoms with van der Waals surface area (Å²) in [7, 11) is 0. The molecule has 204 valence electrons. The Balaban J connectivity index is 1.26. The van der Waals surface area contributed by atoms with Crippen molar-refractivity contribution in [1.82, 2.24) is 39.8 Å². The lowest BCUT2D eigenvalue weighted by Gasteiger charge is -2.29. The van der Waals surface area contributed by atoms with Gasteiger partial charge in [0.1, 0.15) is 30.0 Å². The van der Waals surface area contributed by atoms with Gasteiger partial charge in [0.2, 0.25) is 5.91 Å². The highest BCUT2D eigenvalue weighted by molar-refractivity contribution is 6.05. The van der Waals surface area contributed by atoms with Gasteiger partial charge in [-0.05, 0) is 23.8 Å². The van der Waals surface area contributed by atoms with E-state index in [0.29, 0.717) is 22.1 Å². The van der Waals surface area contributed by atoms with Gasteiger partial charge in [-0.2, -0.15) is 15.3 Å². The normalized spacial score (nSPS) is 17.9. The number of anilines is 1. The van der Waals surface area contributed by atoms with Crippen molar-refractivity contribution in [1.29, 1.82) is 0 Å². The van der Waals surface area contributed by atoms with Gasteiger partial charge in [-0.25, -0.2) is 9.37 Å². The summed E-state index contributed by atoms with van der Waals surface area (Å²) in [6.45, 7) is -0.547. The number of aromatic nitrogens is 7. The van der Waals surface area contributed by atoms with Crippen LogP contribution < -0.4 is 16.6 Å². The van der Waals surface area contributed by atoms with E-state index in [-0.39, 0.29) is 36.3 Å². The van der Waals surface area contributed by atoms with Crippen LogP contribution in [0.1, 0.15) is 16.9 Å². The summed E-state index contributed by atoms with van der Waals surface area (Å²) in [6, 6.07) is 6.07. The minimum absolute atomic E-state index is 0.0171. The highest BCUT2D eigenvalue weighted by Crippen LogP contribution is 2.29. The number of nitrogens with zero attached hydrogens (tertiary/aromatic N) is 6. The van der Waals surface area contributed by atoms with Gasteiger partial charge < -0.3 is 31.0 Å². The number of alkyl halides is 1. The van der Waals surface area contributed by atoms with E-state index < -0.39 is 30.3 Å². The van der Waals surface area contributed by atoms with Crippen molar-refractivity contribution < 1.29 is 19.1 Å². The molecule has 0 radical (unpaired) electrons. The number of amides is 2. The van der Waals surface area contributed by atoms with E-state index in [2.05, 4.69) is 35.6 Å². The van der Waals surface area contributed by atoms with Crippen LogP contribution in [0.25, 0.3) is 33.1 Å². The Morgan fingerprint density at radius 2 is 2.08 bits per heavy atom. The summed E-state index contributed by atoms with van der Waals surface area (Å²) in [6.07, 6.45) is 2.97. The number of primary amides is 1. The third-order valence-electron chi connectivity index (χ3n) is 6.94. The number of carbonyl (C=O) groups excluding carboxylic acids is 2. The molecule has 5 heterocycles. The Hall–Kier alpha value is -5.18. The van der Waals surface area contributed by atoms with Crippen LogP contribution in [-0.2, 0) is 11.3 Å². The van der Waals surface area contributed by atoms with E-state index in [9.17, 15) is 23.9 Å². The number of H-pyrrole nitrogens is 2. The molecule has 1 saturated heterocycles. The molecule has 5 aromatic rings. The highest BCUT2D eigenvalue weighted by atomic mass is 19.1. The Labute approximate surface area is 224 Å². The predicted molar refractivity (Wildman–Crippen MR) is 141 cm³/mol. The molecular formula is C25H23FN10O4. The lowest BCUT2D eigenvalue weighted by Crippen LogP contribution is -2.47. The number of hydrogen-bond donors (Lipinski definition) is 5. The Morgan fingerprint density at radius 3 is 2.85 bits per heavy atom. The maximum atomic E-state index is 14.5. The SMILES string of the molecule is NC(=O)c1nn(CC(=O)N2CC(F)CC2C(O)Nc2c[nH]c3c(=O)[nH]cnc23)c2ccc(-c3ccnnc3)cc12. The fraction of sp³-hybridized carbons (Fsp3) is 0.240. The monoisotopic (exact) mass is 546 g/mol. The highest BCUT2D eigenvalue weighted by Gasteiger charge is 2.40. The first-order valence-electron chi connectivity index (χ1n) is 12.3. The first-order valence-corrected chi connectivity index (χ1v) is 12.3. The standard InChI is InChI=1S/C25H23FN10O4/c26-14-6-18(24(39)33-16-8-28-22-21(16)29-11-30-25(22)40)35(9-14)19(37)10-36-17-2-1-12(13-3-4-31-32-7-13)5-15(17)20(34-36)23(27)38/h1-5,7-8,11,14,18,24,28,33,39H,6,9-10H2,(H2,27,38)(H,29,30,40). The van der Waals surface area contributed by atoms with Crippen LogP contribution in [-0.4, -0.2) is 81.7 Å². The average Bonchev–Trinajstić information content (AvgIpc) is 3.65. The number of nitrogens with two attached hydrogens (primary N) is 1. The first-order chi connectivity index (χ1) is 19.3. The van der Waals surface area contributed by atoms with Crippen molar-refractivity contribution in [3.63, 3.8) is 0 Å². The van der Waals surface area contributed by atoms with E-state index in [1.54, 1.807) is 36.7 Å². The summed E-state index contributed by atoms with van der Waals surface area (Å²) < 4.78 is 15.9. The van der Waals surface area contributed by atoms with Crippen LogP contribution in [0.2, 0.25) is 0 Å². The number of nitrogens with one attached hydrogen (secondary N) is 3. The van der Waals surface area contributed by atoms with Crippen molar-refractivity contribution in [2.75, 3.05) is 11.9 Å². The quantitative estimate of drug-likeness (QED) is 0.181. The van der Waals surface area contributed by atoms with E-state index in [4.69, 9.17) is 5.73 Å². The molecular weight excluding hydrogens is 523 g/mol. The number of halogens is 1. The lowest BCUT2D eigenvalue weighted by atomic mass is 10.0. The molecule has 2 amide bonds. The minimum atomic E-state index is -1.36. The van der Waals surface area contributed by atoms with Crippen LogP contribution in [0, 0.1) is 0 Å². The lowest BCUT2D eigenvalue weighted by molar-refractivity contribution is -0.134. The zero-order chi connectivity index (χ0) is 28.0. The maximum absolute atomic E-state index is 14.5. The maximum Gasteiger partial charge on any atom is 0.275 e. The van der Waals surface area contributed by atoms with E-state index in [0.717, 1.165) is 11.1 Å². The summed E-state index contributed by atoms with van der Waals surface area (Å²) in [5.41, 5.74) is 7.99. The van der Waals surface area contributed by atoms with Gasteiger partial charge in [-0.3, -0.25) is 19.1 Å². The molecule has 3 unspecified atom stereocenters. The van der Waals surface area contributed by atoms with Crippen LogP contribution in [0.4, 0.5) is 10.1 Å². The average molecular weight is 547 g/mol. The predicted octanol–water partition coefficient (Wildman–Crippen LogP) is 0.526. The smallest absolute Gasteiger partial charge is 0.275 e. The zero-order valence-electron chi connectivity index (χ0n) is 20.8. The van der Waals surface area contributed by atoms with Gasteiger partial charge in [0.15, 0.2) is 5.69 Å². The second kappa shape index (κ2) is 9.85. The molecule has 0 spiro atoms. The summed E-state index contributed by atoms with van der Waals surface area (Å²) in [5.74, 6) is -1.28. The third kappa shape index (κ3) is 4.41. The van der Waals surface area contributed by atoms with Crippen LogP contribution in [0.3, 0.4) is 0 Å². The number of hydrogen-bond acceptors (Lipinski definition) is 9. The number of aromatic amines is 2. The molecule has 14 nitrogen and oxygen atoms in total. The molecule has 1 aliphatic rings. The molecule has 0 aliphatic carbocycles.